The highest BCUT2D eigenvalue weighted by Crippen LogP contribution is 2.42. The normalized spacial score (nSPS) is 12.3. The van der Waals surface area contributed by atoms with E-state index in [4.69, 9.17) is 4.98 Å². The third-order valence-corrected chi connectivity index (χ3v) is 5.66. The van der Waals surface area contributed by atoms with Crippen molar-refractivity contribution in [1.29, 1.82) is 0 Å². The molecule has 1 nitrogen and oxygen atoms in total. The number of aromatic nitrogens is 1. The zero-order valence-corrected chi connectivity index (χ0v) is 14.8. The predicted molar refractivity (Wildman–Crippen MR) is 113 cm³/mol. The Balaban J connectivity index is 1.76. The largest absolute Gasteiger partial charge is 0.247 e. The fraction of sp³-hybridized carbons (Fsp3) is 0.0385. The third kappa shape index (κ3) is 2.15. The van der Waals surface area contributed by atoms with Crippen LogP contribution in [-0.2, 0) is 6.42 Å². The Morgan fingerprint density at radius 2 is 1.33 bits per heavy atom. The molecule has 1 aliphatic rings. The van der Waals surface area contributed by atoms with Gasteiger partial charge in [0.1, 0.15) is 0 Å². The number of para-hydroxylation sites is 1. The second-order valence-electron chi connectivity index (χ2n) is 7.23. The molecule has 0 fully saturated rings. The first-order chi connectivity index (χ1) is 13.4. The van der Waals surface area contributed by atoms with Gasteiger partial charge in [-0.2, -0.15) is 0 Å². The zero-order valence-electron chi connectivity index (χ0n) is 14.8. The monoisotopic (exact) mass is 343 g/mol. The van der Waals surface area contributed by atoms with E-state index in [2.05, 4.69) is 91.0 Å². The number of pyridine rings is 1. The molecule has 27 heavy (non-hydrogen) atoms. The van der Waals surface area contributed by atoms with Crippen LogP contribution in [0.4, 0.5) is 0 Å². The molecule has 1 aliphatic carbocycles. The Labute approximate surface area is 157 Å². The number of benzene rings is 4. The van der Waals surface area contributed by atoms with Gasteiger partial charge in [-0.05, 0) is 52.3 Å². The van der Waals surface area contributed by atoms with Crippen LogP contribution in [0, 0.1) is 0 Å². The van der Waals surface area contributed by atoms with Crippen molar-refractivity contribution in [2.24, 2.45) is 0 Å². The Morgan fingerprint density at radius 1 is 0.556 bits per heavy atom. The van der Waals surface area contributed by atoms with Crippen molar-refractivity contribution in [2.75, 3.05) is 0 Å². The van der Waals surface area contributed by atoms with E-state index in [9.17, 15) is 0 Å². The van der Waals surface area contributed by atoms with Crippen molar-refractivity contribution in [2.45, 2.75) is 6.42 Å². The summed E-state index contributed by atoms with van der Waals surface area (Å²) in [5.41, 5.74) is 8.85. The van der Waals surface area contributed by atoms with Crippen LogP contribution in [-0.4, -0.2) is 4.98 Å². The van der Waals surface area contributed by atoms with E-state index < -0.39 is 0 Å². The van der Waals surface area contributed by atoms with E-state index in [0.717, 1.165) is 17.6 Å². The zero-order chi connectivity index (χ0) is 17.8. The van der Waals surface area contributed by atoms with Crippen molar-refractivity contribution < 1.29 is 0 Å². The lowest BCUT2D eigenvalue weighted by Gasteiger charge is -2.12. The van der Waals surface area contributed by atoms with Gasteiger partial charge in [0.2, 0.25) is 0 Å². The third-order valence-electron chi connectivity index (χ3n) is 5.66. The quantitative estimate of drug-likeness (QED) is 0.305. The smallest absolute Gasteiger partial charge is 0.0788 e. The SMILES string of the molecule is c1ccc(-c2nc3ccccc3c3cc4c(cc23)Cc2ccccc2-4)cc1. The van der Waals surface area contributed by atoms with E-state index in [1.165, 1.54) is 44.0 Å². The molecule has 0 bridgehead atoms. The van der Waals surface area contributed by atoms with Crippen LogP contribution < -0.4 is 0 Å². The van der Waals surface area contributed by atoms with Crippen LogP contribution in [0.1, 0.15) is 11.1 Å². The Morgan fingerprint density at radius 3 is 2.26 bits per heavy atom. The fourth-order valence-electron chi connectivity index (χ4n) is 4.40. The van der Waals surface area contributed by atoms with Gasteiger partial charge in [0, 0.05) is 16.3 Å². The molecule has 1 heteroatoms. The van der Waals surface area contributed by atoms with Crippen LogP contribution in [0.25, 0.3) is 44.1 Å². The van der Waals surface area contributed by atoms with Gasteiger partial charge in [0.25, 0.3) is 0 Å². The molecule has 6 rings (SSSR count). The molecule has 0 N–H and O–H groups in total. The molecular formula is C26H17N. The lowest BCUT2D eigenvalue weighted by Crippen LogP contribution is -1.91. The highest BCUT2D eigenvalue weighted by atomic mass is 14.7. The van der Waals surface area contributed by atoms with Crippen molar-refractivity contribution >= 4 is 21.7 Å². The lowest BCUT2D eigenvalue weighted by molar-refractivity contribution is 1.27. The van der Waals surface area contributed by atoms with Crippen LogP contribution >= 0.6 is 0 Å². The molecule has 0 saturated heterocycles. The number of hydrogen-bond donors (Lipinski definition) is 0. The Hall–Kier alpha value is -3.45. The maximum absolute atomic E-state index is 5.05. The molecule has 5 aromatic rings. The molecule has 4 aromatic carbocycles. The maximum atomic E-state index is 5.05. The summed E-state index contributed by atoms with van der Waals surface area (Å²) in [4.78, 5) is 5.05. The minimum absolute atomic E-state index is 1.00. The van der Waals surface area contributed by atoms with Crippen molar-refractivity contribution in [3.8, 4) is 22.4 Å². The average Bonchev–Trinajstić information content (AvgIpc) is 3.10. The van der Waals surface area contributed by atoms with Crippen molar-refractivity contribution in [3.63, 3.8) is 0 Å². The molecule has 126 valence electrons. The first-order valence-electron chi connectivity index (χ1n) is 9.37. The van der Waals surface area contributed by atoms with E-state index in [0.29, 0.717) is 0 Å². The van der Waals surface area contributed by atoms with Crippen LogP contribution in [0.2, 0.25) is 0 Å². The van der Waals surface area contributed by atoms with Crippen LogP contribution in [0.15, 0.2) is 91.0 Å². The summed E-state index contributed by atoms with van der Waals surface area (Å²) in [6.45, 7) is 0. The second kappa shape index (κ2) is 5.52. The minimum Gasteiger partial charge on any atom is -0.247 e. The fourth-order valence-corrected chi connectivity index (χ4v) is 4.40. The van der Waals surface area contributed by atoms with Gasteiger partial charge in [0.05, 0.1) is 11.2 Å². The Bertz CT molecular complexity index is 1330. The molecule has 0 spiro atoms. The highest BCUT2D eigenvalue weighted by molar-refractivity contribution is 6.12. The Kier molecular flexibility index (Phi) is 3.00. The van der Waals surface area contributed by atoms with Crippen LogP contribution in [0.3, 0.4) is 0 Å². The number of rotatable bonds is 1. The average molecular weight is 343 g/mol. The summed E-state index contributed by atoms with van der Waals surface area (Å²) < 4.78 is 0. The molecule has 0 radical (unpaired) electrons. The summed E-state index contributed by atoms with van der Waals surface area (Å²) in [6.07, 6.45) is 1.00. The first kappa shape index (κ1) is 14.7. The molecule has 0 amide bonds. The summed E-state index contributed by atoms with van der Waals surface area (Å²) in [6, 6.07) is 32.5. The molecular weight excluding hydrogens is 326 g/mol. The van der Waals surface area contributed by atoms with E-state index in [1.807, 2.05) is 0 Å². The predicted octanol–water partition coefficient (Wildman–Crippen LogP) is 6.63. The van der Waals surface area contributed by atoms with Gasteiger partial charge < -0.3 is 0 Å². The summed E-state index contributed by atoms with van der Waals surface area (Å²) >= 11 is 0. The van der Waals surface area contributed by atoms with Gasteiger partial charge in [-0.15, -0.1) is 0 Å². The molecule has 1 aromatic heterocycles. The number of fused-ring (bicyclic) bond motifs is 6. The van der Waals surface area contributed by atoms with Crippen LogP contribution in [0.5, 0.6) is 0 Å². The van der Waals surface area contributed by atoms with Crippen molar-refractivity contribution in [1.82, 2.24) is 4.98 Å². The maximum Gasteiger partial charge on any atom is 0.0788 e. The standard InChI is InChI=1S/C26H17N/c1-2-8-17(9-3-1)26-24-15-19-14-18-10-4-5-11-20(18)22(19)16-23(24)21-12-6-7-13-25(21)27-26/h1-13,15-16H,14H2. The molecule has 1 heterocycles. The molecule has 0 aliphatic heterocycles. The van der Waals surface area contributed by atoms with E-state index in [1.54, 1.807) is 0 Å². The molecule has 0 saturated carbocycles. The van der Waals surface area contributed by atoms with Gasteiger partial charge in [-0.1, -0.05) is 72.8 Å². The summed E-state index contributed by atoms with van der Waals surface area (Å²) in [5, 5.41) is 3.75. The van der Waals surface area contributed by atoms with Crippen molar-refractivity contribution in [3.05, 3.63) is 102 Å². The molecule has 0 atom stereocenters. The number of hydrogen-bond acceptors (Lipinski definition) is 1. The first-order valence-corrected chi connectivity index (χ1v) is 9.37. The summed E-state index contributed by atoms with van der Waals surface area (Å²) in [5.74, 6) is 0. The van der Waals surface area contributed by atoms with E-state index in [-0.39, 0.29) is 0 Å². The summed E-state index contributed by atoms with van der Waals surface area (Å²) in [7, 11) is 0. The van der Waals surface area contributed by atoms with E-state index >= 15 is 0 Å². The van der Waals surface area contributed by atoms with Gasteiger partial charge in [-0.25, -0.2) is 4.98 Å². The topological polar surface area (TPSA) is 12.9 Å². The highest BCUT2D eigenvalue weighted by Gasteiger charge is 2.20. The molecule has 0 unspecified atom stereocenters. The van der Waals surface area contributed by atoms with Gasteiger partial charge in [-0.3, -0.25) is 0 Å². The lowest BCUT2D eigenvalue weighted by atomic mass is 9.95. The van der Waals surface area contributed by atoms with Gasteiger partial charge in [0.15, 0.2) is 0 Å². The second-order valence-corrected chi connectivity index (χ2v) is 7.23. The van der Waals surface area contributed by atoms with Gasteiger partial charge >= 0.3 is 0 Å². The minimum atomic E-state index is 1.00. The number of nitrogens with zero attached hydrogens (tertiary/aromatic N) is 1.